The fourth-order valence-corrected chi connectivity index (χ4v) is 9.06. The molecule has 0 bridgehead atoms. The van der Waals surface area contributed by atoms with Gasteiger partial charge in [0.05, 0.1) is 12.2 Å². The Morgan fingerprint density at radius 2 is 1.13 bits per heavy atom. The highest BCUT2D eigenvalue weighted by Gasteiger charge is 2.58. The Kier molecular flexibility index (Phi) is 13.5. The highest BCUT2D eigenvalue weighted by Crippen LogP contribution is 2.51. The molecule has 5 fully saturated rings. The zero-order valence-corrected chi connectivity index (χ0v) is 27.1. The molecule has 0 radical (unpaired) electrons. The third kappa shape index (κ3) is 8.87. The van der Waals surface area contributed by atoms with E-state index < -0.39 is 117 Å². The third-order valence-corrected chi connectivity index (χ3v) is 11.4. The first-order chi connectivity index (χ1) is 21.7. The number of halogens is 10. The molecule has 12 heteroatoms. The van der Waals surface area contributed by atoms with Gasteiger partial charge >= 0.3 is 6.11 Å². The molecule has 46 heavy (non-hydrogen) atoms. The molecule has 1 saturated heterocycles. The third-order valence-electron chi connectivity index (χ3n) is 11.4. The van der Waals surface area contributed by atoms with Crippen molar-refractivity contribution in [2.45, 2.75) is 166 Å². The SMILES string of the molecule is CC.CC1CCC(C2CC(F)C(C3CC(F)C(C(F)(F)OC4CCC(C5CC(F)CC(F)C(F)C5)C(F)C4)C(F)C3)C(F)C2)OC1. The van der Waals surface area contributed by atoms with Gasteiger partial charge in [0.15, 0.2) is 0 Å². The summed E-state index contributed by atoms with van der Waals surface area (Å²) in [4.78, 5) is 0. The molecule has 0 aromatic heterocycles. The van der Waals surface area contributed by atoms with Crippen molar-refractivity contribution < 1.29 is 53.4 Å². The molecular weight excluding hydrogens is 630 g/mol. The Balaban J connectivity index is 0.00000235. The van der Waals surface area contributed by atoms with E-state index >= 15 is 30.7 Å². The van der Waals surface area contributed by atoms with Crippen LogP contribution in [0.5, 0.6) is 0 Å². The van der Waals surface area contributed by atoms with Crippen LogP contribution in [0.4, 0.5) is 43.9 Å². The fraction of sp³-hybridized carbons (Fsp3) is 1.00. The van der Waals surface area contributed by atoms with Gasteiger partial charge in [0.1, 0.15) is 55.3 Å². The zero-order valence-electron chi connectivity index (χ0n) is 27.1. The first kappa shape index (κ1) is 38.0. The Labute approximate surface area is 267 Å². The van der Waals surface area contributed by atoms with Crippen molar-refractivity contribution in [3.05, 3.63) is 0 Å². The lowest BCUT2D eigenvalue weighted by atomic mass is 9.65. The first-order valence-electron chi connectivity index (χ1n) is 17.5. The van der Waals surface area contributed by atoms with Crippen LogP contribution in [-0.4, -0.2) is 74.3 Å². The van der Waals surface area contributed by atoms with Gasteiger partial charge in [0.2, 0.25) is 0 Å². The fourth-order valence-electron chi connectivity index (χ4n) is 9.06. The first-order valence-corrected chi connectivity index (χ1v) is 17.5. The Morgan fingerprint density at radius 3 is 1.70 bits per heavy atom. The van der Waals surface area contributed by atoms with Crippen molar-refractivity contribution in [1.82, 2.24) is 0 Å². The maximum atomic E-state index is 15.3. The predicted molar refractivity (Wildman–Crippen MR) is 156 cm³/mol. The molecule has 0 amide bonds. The van der Waals surface area contributed by atoms with Crippen LogP contribution in [0.25, 0.3) is 0 Å². The molecule has 4 saturated carbocycles. The van der Waals surface area contributed by atoms with Crippen LogP contribution in [-0.2, 0) is 9.47 Å². The van der Waals surface area contributed by atoms with E-state index in [0.29, 0.717) is 18.9 Å². The van der Waals surface area contributed by atoms with Crippen molar-refractivity contribution in [2.75, 3.05) is 6.61 Å². The van der Waals surface area contributed by atoms with Gasteiger partial charge in [-0.25, -0.2) is 35.1 Å². The number of hydrogen-bond acceptors (Lipinski definition) is 2. The second-order valence-electron chi connectivity index (χ2n) is 14.6. The van der Waals surface area contributed by atoms with Crippen molar-refractivity contribution in [2.24, 2.45) is 41.4 Å². The monoisotopic (exact) mass is 682 g/mol. The lowest BCUT2D eigenvalue weighted by molar-refractivity contribution is -0.322. The summed E-state index contributed by atoms with van der Waals surface area (Å²) in [5.41, 5.74) is 0. The van der Waals surface area contributed by atoms with E-state index in [9.17, 15) is 13.2 Å². The zero-order chi connectivity index (χ0) is 33.9. The quantitative estimate of drug-likeness (QED) is 0.205. The Bertz CT molecular complexity index is 898. The molecular formula is C34H52F10O2. The number of alkyl halides is 10. The van der Waals surface area contributed by atoms with Crippen molar-refractivity contribution in [1.29, 1.82) is 0 Å². The normalized spacial score (nSPS) is 49.4. The van der Waals surface area contributed by atoms with Crippen LogP contribution in [0.15, 0.2) is 0 Å². The van der Waals surface area contributed by atoms with E-state index in [-0.39, 0.29) is 50.5 Å². The molecule has 0 N–H and O–H groups in total. The van der Waals surface area contributed by atoms with Gasteiger partial charge in [-0.2, -0.15) is 8.78 Å². The van der Waals surface area contributed by atoms with Gasteiger partial charge in [-0.1, -0.05) is 20.8 Å². The lowest BCUT2D eigenvalue weighted by Gasteiger charge is -2.46. The number of ether oxygens (including phenoxy) is 2. The summed E-state index contributed by atoms with van der Waals surface area (Å²) >= 11 is 0. The van der Waals surface area contributed by atoms with E-state index in [1.54, 1.807) is 0 Å². The molecule has 2 nitrogen and oxygen atoms in total. The molecule has 4 aliphatic carbocycles. The van der Waals surface area contributed by atoms with Crippen molar-refractivity contribution >= 4 is 0 Å². The van der Waals surface area contributed by atoms with Crippen LogP contribution < -0.4 is 0 Å². The van der Waals surface area contributed by atoms with Gasteiger partial charge in [0.25, 0.3) is 0 Å². The molecule has 5 aliphatic rings. The van der Waals surface area contributed by atoms with Crippen molar-refractivity contribution in [3.63, 3.8) is 0 Å². The standard InChI is InChI=1S/C32H46F10O2.C2H6/c1-15-2-5-29(43-14-15)17-8-25(37)30(26(38)9-17)18-10-27(39)31(28(40)11-18)32(41,42)44-20-3-4-21(22(34)13-20)16-6-19(33)12-24(36)23(35)7-16;1-2/h15-31H,2-14H2,1H3;1-2H3. The second-order valence-corrected chi connectivity index (χ2v) is 14.6. The summed E-state index contributed by atoms with van der Waals surface area (Å²) in [6.45, 7) is 6.55. The van der Waals surface area contributed by atoms with Gasteiger partial charge in [0, 0.05) is 25.4 Å². The molecule has 0 aromatic carbocycles. The minimum atomic E-state index is -4.31. The van der Waals surface area contributed by atoms with Gasteiger partial charge in [-0.15, -0.1) is 0 Å². The predicted octanol–water partition coefficient (Wildman–Crippen LogP) is 10.2. The summed E-state index contributed by atoms with van der Waals surface area (Å²) in [7, 11) is 0. The molecule has 1 aliphatic heterocycles. The summed E-state index contributed by atoms with van der Waals surface area (Å²) in [6.07, 6.45) is -23.1. The second kappa shape index (κ2) is 16.3. The van der Waals surface area contributed by atoms with E-state index in [1.807, 2.05) is 20.8 Å². The molecule has 1 heterocycles. The number of hydrogen-bond donors (Lipinski definition) is 0. The van der Waals surface area contributed by atoms with Crippen LogP contribution in [0.2, 0.25) is 0 Å². The minimum absolute atomic E-state index is 0.00248. The van der Waals surface area contributed by atoms with Crippen LogP contribution in [0, 0.1) is 41.4 Å². The molecule has 0 aromatic rings. The Morgan fingerprint density at radius 1 is 0.565 bits per heavy atom. The average molecular weight is 683 g/mol. The molecule has 0 spiro atoms. The van der Waals surface area contributed by atoms with E-state index in [2.05, 4.69) is 0 Å². The molecule has 5 rings (SSSR count). The maximum absolute atomic E-state index is 15.3. The van der Waals surface area contributed by atoms with Crippen LogP contribution in [0.3, 0.4) is 0 Å². The van der Waals surface area contributed by atoms with E-state index in [4.69, 9.17) is 9.47 Å². The maximum Gasteiger partial charge on any atom is 0.364 e. The summed E-state index contributed by atoms with van der Waals surface area (Å²) in [5.74, 6) is -6.56. The van der Waals surface area contributed by atoms with Gasteiger partial charge in [-0.3, -0.25) is 0 Å². The highest BCUT2D eigenvalue weighted by atomic mass is 19.3. The van der Waals surface area contributed by atoms with Crippen LogP contribution in [0.1, 0.15) is 97.8 Å². The smallest absolute Gasteiger partial charge is 0.364 e. The van der Waals surface area contributed by atoms with Gasteiger partial charge < -0.3 is 9.47 Å². The van der Waals surface area contributed by atoms with Gasteiger partial charge in [-0.05, 0) is 93.8 Å². The summed E-state index contributed by atoms with van der Waals surface area (Å²) in [6, 6.07) is 0. The number of rotatable bonds is 6. The van der Waals surface area contributed by atoms with Crippen LogP contribution >= 0.6 is 0 Å². The Hall–Kier alpha value is -0.780. The van der Waals surface area contributed by atoms with E-state index in [1.165, 1.54) is 0 Å². The average Bonchev–Trinajstić information content (AvgIpc) is 3.09. The molecule has 13 unspecified atom stereocenters. The molecule has 13 atom stereocenters. The minimum Gasteiger partial charge on any atom is -0.378 e. The lowest BCUT2D eigenvalue weighted by Crippen LogP contribution is -2.53. The van der Waals surface area contributed by atoms with E-state index in [0.717, 1.165) is 6.42 Å². The topological polar surface area (TPSA) is 18.5 Å². The van der Waals surface area contributed by atoms with Crippen molar-refractivity contribution in [3.8, 4) is 0 Å². The largest absolute Gasteiger partial charge is 0.378 e. The molecule has 270 valence electrons. The highest BCUT2D eigenvalue weighted by molar-refractivity contribution is 5.00. The summed E-state index contributed by atoms with van der Waals surface area (Å²) < 4.78 is 160. The summed E-state index contributed by atoms with van der Waals surface area (Å²) in [5, 5.41) is 0.